The second-order valence-electron chi connectivity index (χ2n) is 4.34. The molecular weight excluding hydrogens is 230 g/mol. The topological polar surface area (TPSA) is 51.5 Å². The summed E-state index contributed by atoms with van der Waals surface area (Å²) in [5.41, 5.74) is 0. The summed E-state index contributed by atoms with van der Waals surface area (Å²) in [7, 11) is 1.72. The van der Waals surface area contributed by atoms with Crippen LogP contribution >= 0.6 is 0 Å². The van der Waals surface area contributed by atoms with Crippen molar-refractivity contribution in [1.82, 2.24) is 5.32 Å². The Kier molecular flexibility index (Phi) is 7.97. The van der Waals surface area contributed by atoms with Crippen molar-refractivity contribution in [2.24, 2.45) is 0 Å². The van der Waals surface area contributed by atoms with Crippen LogP contribution in [0.5, 0.6) is 0 Å². The van der Waals surface area contributed by atoms with Crippen LogP contribution in [0.25, 0.3) is 0 Å². The lowest BCUT2D eigenvalue weighted by Crippen LogP contribution is -2.24. The fourth-order valence-corrected chi connectivity index (χ4v) is 1.73. The number of hydrogen-bond donors (Lipinski definition) is 1. The second kappa shape index (κ2) is 9.71. The Morgan fingerprint density at radius 1 is 1.33 bits per heavy atom. The van der Waals surface area contributed by atoms with Crippen molar-refractivity contribution in [3.05, 3.63) is 24.2 Å². The van der Waals surface area contributed by atoms with Gasteiger partial charge < -0.3 is 14.5 Å². The van der Waals surface area contributed by atoms with Gasteiger partial charge in [0.1, 0.15) is 5.76 Å². The molecule has 0 aliphatic carbocycles. The van der Waals surface area contributed by atoms with Crippen molar-refractivity contribution in [1.29, 1.82) is 0 Å². The van der Waals surface area contributed by atoms with Crippen LogP contribution < -0.4 is 5.32 Å². The highest BCUT2D eigenvalue weighted by Crippen LogP contribution is 2.03. The number of amides is 1. The summed E-state index contributed by atoms with van der Waals surface area (Å²) < 4.78 is 10.1. The maximum absolute atomic E-state index is 11.5. The van der Waals surface area contributed by atoms with Gasteiger partial charge in [-0.15, -0.1) is 0 Å². The van der Waals surface area contributed by atoms with Crippen molar-refractivity contribution in [2.45, 2.75) is 38.5 Å². The third-order valence-electron chi connectivity index (χ3n) is 2.78. The van der Waals surface area contributed by atoms with Crippen LogP contribution in [0.1, 0.15) is 37.9 Å². The van der Waals surface area contributed by atoms with Crippen LogP contribution in [-0.4, -0.2) is 26.2 Å². The molecular formula is C14H23NO3. The van der Waals surface area contributed by atoms with E-state index in [1.165, 1.54) is 0 Å². The molecule has 102 valence electrons. The molecule has 0 spiro atoms. The minimum Gasteiger partial charge on any atom is -0.469 e. The molecule has 18 heavy (non-hydrogen) atoms. The van der Waals surface area contributed by atoms with E-state index in [0.29, 0.717) is 12.8 Å². The van der Waals surface area contributed by atoms with Gasteiger partial charge in [0.05, 0.1) is 6.26 Å². The predicted molar refractivity (Wildman–Crippen MR) is 70.4 cm³/mol. The molecule has 0 aliphatic heterocycles. The number of aryl methyl sites for hydroxylation is 1. The van der Waals surface area contributed by atoms with Crippen molar-refractivity contribution < 1.29 is 13.9 Å². The molecule has 1 amide bonds. The van der Waals surface area contributed by atoms with E-state index in [0.717, 1.165) is 44.6 Å². The Hall–Kier alpha value is -1.29. The molecule has 0 fully saturated rings. The zero-order valence-electron chi connectivity index (χ0n) is 11.1. The summed E-state index contributed by atoms with van der Waals surface area (Å²) in [5, 5.41) is 2.92. The van der Waals surface area contributed by atoms with E-state index in [1.807, 2.05) is 12.1 Å². The molecule has 0 aromatic carbocycles. The van der Waals surface area contributed by atoms with Crippen LogP contribution in [0, 0.1) is 0 Å². The first kappa shape index (κ1) is 14.8. The second-order valence-corrected chi connectivity index (χ2v) is 4.34. The Morgan fingerprint density at radius 3 is 2.89 bits per heavy atom. The normalized spacial score (nSPS) is 10.5. The summed E-state index contributed by atoms with van der Waals surface area (Å²) in [4.78, 5) is 11.5. The van der Waals surface area contributed by atoms with Gasteiger partial charge >= 0.3 is 0 Å². The molecule has 1 heterocycles. The predicted octanol–water partition coefficient (Wildman–Crippen LogP) is 2.54. The van der Waals surface area contributed by atoms with E-state index >= 15 is 0 Å². The lowest BCUT2D eigenvalue weighted by atomic mass is 10.2. The number of rotatable bonds is 10. The molecule has 1 aromatic rings. The molecule has 0 atom stereocenters. The third kappa shape index (κ3) is 7.12. The lowest BCUT2D eigenvalue weighted by Gasteiger charge is -2.04. The number of furan rings is 1. The average Bonchev–Trinajstić information content (AvgIpc) is 2.88. The molecule has 0 saturated carbocycles. The van der Waals surface area contributed by atoms with Crippen LogP contribution in [0.15, 0.2) is 22.8 Å². The summed E-state index contributed by atoms with van der Waals surface area (Å²) in [6.07, 6.45) is 7.24. The summed E-state index contributed by atoms with van der Waals surface area (Å²) in [6, 6.07) is 3.73. The molecule has 0 saturated heterocycles. The maximum atomic E-state index is 11.5. The Bertz CT molecular complexity index is 309. The van der Waals surface area contributed by atoms with Crippen molar-refractivity contribution in [3.63, 3.8) is 0 Å². The fraction of sp³-hybridized carbons (Fsp3) is 0.643. The number of carbonyl (C=O) groups excluding carboxylic acids is 1. The molecule has 4 heteroatoms. The van der Waals surface area contributed by atoms with Gasteiger partial charge in [-0.05, 0) is 25.0 Å². The van der Waals surface area contributed by atoms with Gasteiger partial charge in [0.15, 0.2) is 0 Å². The maximum Gasteiger partial charge on any atom is 0.220 e. The largest absolute Gasteiger partial charge is 0.469 e. The molecule has 1 aromatic heterocycles. The smallest absolute Gasteiger partial charge is 0.220 e. The van der Waals surface area contributed by atoms with Gasteiger partial charge in [0.25, 0.3) is 0 Å². The van der Waals surface area contributed by atoms with E-state index in [9.17, 15) is 4.79 Å². The summed E-state index contributed by atoms with van der Waals surface area (Å²) >= 11 is 0. The minimum atomic E-state index is 0.100. The molecule has 4 nitrogen and oxygen atoms in total. The first-order chi connectivity index (χ1) is 8.83. The van der Waals surface area contributed by atoms with Crippen LogP contribution in [0.3, 0.4) is 0 Å². The highest BCUT2D eigenvalue weighted by Gasteiger charge is 2.02. The molecule has 1 rings (SSSR count). The van der Waals surface area contributed by atoms with Gasteiger partial charge in [0, 0.05) is 33.1 Å². The fourth-order valence-electron chi connectivity index (χ4n) is 1.73. The SMILES string of the molecule is COCCCCCCNC(=O)CCc1ccco1. The van der Waals surface area contributed by atoms with Crippen molar-refractivity contribution in [2.75, 3.05) is 20.3 Å². The first-order valence-corrected chi connectivity index (χ1v) is 6.61. The summed E-state index contributed by atoms with van der Waals surface area (Å²) in [5.74, 6) is 0.966. The van der Waals surface area contributed by atoms with Gasteiger partial charge in [-0.25, -0.2) is 0 Å². The number of methoxy groups -OCH3 is 1. The van der Waals surface area contributed by atoms with Crippen molar-refractivity contribution in [3.8, 4) is 0 Å². The Labute approximate surface area is 109 Å². The number of unbranched alkanes of at least 4 members (excludes halogenated alkanes) is 3. The van der Waals surface area contributed by atoms with E-state index in [-0.39, 0.29) is 5.91 Å². The Morgan fingerprint density at radius 2 is 2.17 bits per heavy atom. The highest BCUT2D eigenvalue weighted by molar-refractivity contribution is 5.75. The van der Waals surface area contributed by atoms with Crippen molar-refractivity contribution >= 4 is 5.91 Å². The van der Waals surface area contributed by atoms with E-state index in [1.54, 1.807) is 13.4 Å². The number of nitrogens with one attached hydrogen (secondary N) is 1. The van der Waals surface area contributed by atoms with E-state index in [2.05, 4.69) is 5.32 Å². The van der Waals surface area contributed by atoms with E-state index < -0.39 is 0 Å². The van der Waals surface area contributed by atoms with Gasteiger partial charge in [-0.3, -0.25) is 4.79 Å². The van der Waals surface area contributed by atoms with Gasteiger partial charge in [0.2, 0.25) is 5.91 Å². The molecule has 0 radical (unpaired) electrons. The highest BCUT2D eigenvalue weighted by atomic mass is 16.5. The van der Waals surface area contributed by atoms with Gasteiger partial charge in [-0.2, -0.15) is 0 Å². The monoisotopic (exact) mass is 253 g/mol. The van der Waals surface area contributed by atoms with Crippen LogP contribution in [0.4, 0.5) is 0 Å². The van der Waals surface area contributed by atoms with Crippen LogP contribution in [-0.2, 0) is 16.0 Å². The molecule has 0 bridgehead atoms. The Balaban J connectivity index is 1.90. The van der Waals surface area contributed by atoms with E-state index in [4.69, 9.17) is 9.15 Å². The quantitative estimate of drug-likeness (QED) is 0.652. The number of hydrogen-bond acceptors (Lipinski definition) is 3. The minimum absolute atomic E-state index is 0.100. The average molecular weight is 253 g/mol. The third-order valence-corrected chi connectivity index (χ3v) is 2.78. The standard InChI is InChI=1S/C14H23NO3/c1-17-11-5-3-2-4-10-15-14(16)9-8-13-7-6-12-18-13/h6-7,12H,2-5,8-11H2,1H3,(H,15,16). The zero-order chi connectivity index (χ0) is 13.1. The number of carbonyl (C=O) groups is 1. The number of ether oxygens (including phenoxy) is 1. The molecule has 0 unspecified atom stereocenters. The summed E-state index contributed by atoms with van der Waals surface area (Å²) in [6.45, 7) is 1.60. The van der Waals surface area contributed by atoms with Crippen LogP contribution in [0.2, 0.25) is 0 Å². The first-order valence-electron chi connectivity index (χ1n) is 6.61. The molecule has 0 aliphatic rings. The zero-order valence-corrected chi connectivity index (χ0v) is 11.1. The van der Waals surface area contributed by atoms with Gasteiger partial charge in [-0.1, -0.05) is 12.8 Å². The molecule has 1 N–H and O–H groups in total. The lowest BCUT2D eigenvalue weighted by molar-refractivity contribution is -0.121.